The van der Waals surface area contributed by atoms with Gasteiger partial charge >= 0.3 is 0 Å². The molecule has 0 aliphatic heterocycles. The van der Waals surface area contributed by atoms with Crippen LogP contribution < -0.4 is 5.32 Å². The van der Waals surface area contributed by atoms with Crippen LogP contribution >= 0.6 is 0 Å². The molecule has 1 unspecified atom stereocenters. The average molecular weight is 260 g/mol. The number of sulfone groups is 1. The Morgan fingerprint density at radius 3 is 2.76 bits per heavy atom. The Balaban J connectivity index is 2.46. The van der Waals surface area contributed by atoms with Crippen molar-refractivity contribution in [2.45, 2.75) is 39.9 Å². The fraction of sp³-hybridized carbons (Fsp3) is 0.800. The first kappa shape index (κ1) is 14.1. The molecule has 1 aromatic rings. The topological polar surface area (TPSA) is 76.9 Å². The highest BCUT2D eigenvalue weighted by molar-refractivity contribution is 7.91. The van der Waals surface area contributed by atoms with E-state index in [1.54, 1.807) is 13.3 Å². The summed E-state index contributed by atoms with van der Waals surface area (Å²) in [6.45, 7) is 6.88. The lowest BCUT2D eigenvalue weighted by molar-refractivity contribution is 0.536. The van der Waals surface area contributed by atoms with Crippen molar-refractivity contribution >= 4 is 9.84 Å². The lowest BCUT2D eigenvalue weighted by Crippen LogP contribution is -2.34. The monoisotopic (exact) mass is 260 g/mol. The largest absolute Gasteiger partial charge is 0.317 e. The van der Waals surface area contributed by atoms with Gasteiger partial charge in [-0.25, -0.2) is 8.42 Å². The molecule has 7 heteroatoms. The molecule has 1 N–H and O–H groups in total. The summed E-state index contributed by atoms with van der Waals surface area (Å²) in [5.74, 6) is 1.17. The van der Waals surface area contributed by atoms with Gasteiger partial charge in [-0.2, -0.15) is 0 Å². The summed E-state index contributed by atoms with van der Waals surface area (Å²) in [5, 5.41) is 10.9. The first-order chi connectivity index (χ1) is 7.98. The van der Waals surface area contributed by atoms with Gasteiger partial charge in [0.1, 0.15) is 12.2 Å². The average Bonchev–Trinajstić information content (AvgIpc) is 2.73. The second-order valence-electron chi connectivity index (χ2n) is 4.01. The zero-order valence-electron chi connectivity index (χ0n) is 10.5. The van der Waals surface area contributed by atoms with E-state index in [0.717, 1.165) is 12.4 Å². The molecule has 0 fully saturated rings. The molecule has 0 spiro atoms. The van der Waals surface area contributed by atoms with E-state index in [9.17, 15) is 8.42 Å². The maximum atomic E-state index is 11.4. The predicted octanol–water partition coefficient (Wildman–Crippen LogP) is 0.211. The van der Waals surface area contributed by atoms with Crippen LogP contribution in [0.5, 0.6) is 0 Å². The van der Waals surface area contributed by atoms with Crippen LogP contribution in [0.4, 0.5) is 0 Å². The van der Waals surface area contributed by atoms with Crippen molar-refractivity contribution in [3.8, 4) is 0 Å². The molecule has 98 valence electrons. The van der Waals surface area contributed by atoms with Crippen LogP contribution in [0.1, 0.15) is 26.6 Å². The van der Waals surface area contributed by atoms with Crippen molar-refractivity contribution < 1.29 is 8.42 Å². The molecule has 6 nitrogen and oxygen atoms in total. The molecule has 1 rings (SSSR count). The molecule has 0 saturated heterocycles. The maximum Gasteiger partial charge on any atom is 0.151 e. The van der Waals surface area contributed by atoms with Gasteiger partial charge in [-0.1, -0.05) is 6.92 Å². The maximum absolute atomic E-state index is 11.4. The molecule has 0 bridgehead atoms. The number of aromatic nitrogens is 3. The highest BCUT2D eigenvalue weighted by Gasteiger charge is 2.14. The van der Waals surface area contributed by atoms with Gasteiger partial charge in [0.05, 0.1) is 12.3 Å². The van der Waals surface area contributed by atoms with E-state index < -0.39 is 9.84 Å². The number of hydrogen-bond acceptors (Lipinski definition) is 5. The van der Waals surface area contributed by atoms with E-state index in [1.165, 1.54) is 0 Å². The third-order valence-electron chi connectivity index (χ3n) is 2.59. The van der Waals surface area contributed by atoms with Crippen LogP contribution in [0, 0.1) is 0 Å². The molecule has 0 aliphatic rings. The predicted molar refractivity (Wildman–Crippen MR) is 66.3 cm³/mol. The summed E-state index contributed by atoms with van der Waals surface area (Å²) in [5.41, 5.74) is 0. The Hall–Kier alpha value is -0.950. The lowest BCUT2D eigenvalue weighted by atomic mass is 10.4. The minimum absolute atomic E-state index is 0.0815. The van der Waals surface area contributed by atoms with E-state index >= 15 is 0 Å². The Morgan fingerprint density at radius 2 is 2.18 bits per heavy atom. The molecular weight excluding hydrogens is 240 g/mol. The van der Waals surface area contributed by atoms with Crippen LogP contribution in [-0.2, 0) is 22.9 Å². The number of hydrogen-bond donors (Lipinski definition) is 1. The van der Waals surface area contributed by atoms with Crippen molar-refractivity contribution in [1.82, 2.24) is 20.1 Å². The number of aryl methyl sites for hydroxylation is 1. The van der Waals surface area contributed by atoms with Crippen molar-refractivity contribution in [3.05, 3.63) is 12.2 Å². The van der Waals surface area contributed by atoms with Crippen molar-refractivity contribution in [2.24, 2.45) is 0 Å². The fourth-order valence-electron chi connectivity index (χ4n) is 1.50. The second kappa shape index (κ2) is 6.11. The summed E-state index contributed by atoms with van der Waals surface area (Å²) in [4.78, 5) is 0. The molecule has 0 saturated carbocycles. The molecule has 0 aliphatic carbocycles. The molecular formula is C10H20N4O2S. The number of nitrogens with one attached hydrogen (secondary N) is 1. The van der Waals surface area contributed by atoms with Gasteiger partial charge in [0.2, 0.25) is 0 Å². The second-order valence-corrected chi connectivity index (χ2v) is 6.41. The normalized spacial score (nSPS) is 13.8. The summed E-state index contributed by atoms with van der Waals surface area (Å²) in [6.07, 6.45) is 1.67. The van der Waals surface area contributed by atoms with Crippen molar-refractivity contribution in [1.29, 1.82) is 0 Å². The summed E-state index contributed by atoms with van der Waals surface area (Å²) >= 11 is 0. The van der Waals surface area contributed by atoms with E-state index in [4.69, 9.17) is 0 Å². The van der Waals surface area contributed by atoms with Gasteiger partial charge in [-0.05, 0) is 13.8 Å². The highest BCUT2D eigenvalue weighted by atomic mass is 32.2. The summed E-state index contributed by atoms with van der Waals surface area (Å²) in [7, 11) is -2.93. The van der Waals surface area contributed by atoms with Crippen LogP contribution in [0.25, 0.3) is 0 Å². The first-order valence-corrected chi connectivity index (χ1v) is 7.61. The summed E-state index contributed by atoms with van der Waals surface area (Å²) in [6, 6.07) is -0.0815. The van der Waals surface area contributed by atoms with Crippen LogP contribution in [0.3, 0.4) is 0 Å². The first-order valence-electron chi connectivity index (χ1n) is 5.79. The van der Waals surface area contributed by atoms with E-state index in [2.05, 4.69) is 15.5 Å². The SMILES string of the molecule is CCn1cnnc1CNC(C)CS(=O)(=O)CC. The van der Waals surface area contributed by atoms with Crippen molar-refractivity contribution in [3.63, 3.8) is 0 Å². The van der Waals surface area contributed by atoms with Gasteiger partial charge in [0.25, 0.3) is 0 Å². The van der Waals surface area contributed by atoms with Crippen LogP contribution in [0.15, 0.2) is 6.33 Å². The van der Waals surface area contributed by atoms with Gasteiger partial charge in [0.15, 0.2) is 9.84 Å². The van der Waals surface area contributed by atoms with Crippen molar-refractivity contribution in [2.75, 3.05) is 11.5 Å². The molecule has 0 aromatic carbocycles. The van der Waals surface area contributed by atoms with Gasteiger partial charge in [-0.15, -0.1) is 10.2 Å². The third kappa shape index (κ3) is 4.43. The van der Waals surface area contributed by atoms with Crippen LogP contribution in [0.2, 0.25) is 0 Å². The standard InChI is InChI=1S/C10H20N4O2S/c1-4-14-8-12-13-10(14)6-11-9(3)7-17(15,16)5-2/h8-9,11H,4-7H2,1-3H3. The smallest absolute Gasteiger partial charge is 0.151 e. The Morgan fingerprint density at radius 1 is 1.47 bits per heavy atom. The van der Waals surface area contributed by atoms with E-state index in [-0.39, 0.29) is 17.5 Å². The zero-order chi connectivity index (χ0) is 12.9. The minimum Gasteiger partial charge on any atom is -0.317 e. The lowest BCUT2D eigenvalue weighted by Gasteiger charge is -2.13. The molecule has 1 atom stereocenters. The zero-order valence-corrected chi connectivity index (χ0v) is 11.4. The molecule has 0 radical (unpaired) electrons. The molecule has 1 heterocycles. The van der Waals surface area contributed by atoms with Gasteiger partial charge in [-0.3, -0.25) is 0 Å². The molecule has 0 amide bonds. The minimum atomic E-state index is -2.93. The summed E-state index contributed by atoms with van der Waals surface area (Å²) < 4.78 is 24.8. The van der Waals surface area contributed by atoms with E-state index in [1.807, 2.05) is 18.4 Å². The number of rotatable bonds is 7. The van der Waals surface area contributed by atoms with E-state index in [0.29, 0.717) is 6.54 Å². The number of nitrogens with zero attached hydrogens (tertiary/aromatic N) is 3. The third-order valence-corrected chi connectivity index (χ3v) is 4.48. The quantitative estimate of drug-likeness (QED) is 0.758. The Bertz CT molecular complexity index is 441. The molecule has 1 aromatic heterocycles. The van der Waals surface area contributed by atoms with Gasteiger partial charge in [0, 0.05) is 18.3 Å². The fourth-order valence-corrected chi connectivity index (χ4v) is 2.62. The Labute approximate surface area is 102 Å². The molecule has 17 heavy (non-hydrogen) atoms. The van der Waals surface area contributed by atoms with Crippen LogP contribution in [-0.4, -0.2) is 40.7 Å². The van der Waals surface area contributed by atoms with Gasteiger partial charge < -0.3 is 9.88 Å². The Kier molecular flexibility index (Phi) is 5.07. The highest BCUT2D eigenvalue weighted by Crippen LogP contribution is 1.98.